The normalized spacial score (nSPS) is 10.4. The molecule has 0 aliphatic rings. The molecule has 5 heteroatoms. The lowest BCUT2D eigenvalue weighted by Gasteiger charge is -2.10. The van der Waals surface area contributed by atoms with E-state index in [-0.39, 0.29) is 0 Å². The van der Waals surface area contributed by atoms with E-state index < -0.39 is 0 Å². The average Bonchev–Trinajstić information content (AvgIpc) is 2.46. The van der Waals surface area contributed by atoms with Gasteiger partial charge in [0.05, 0.1) is 7.11 Å². The van der Waals surface area contributed by atoms with Crippen LogP contribution >= 0.6 is 0 Å². The highest BCUT2D eigenvalue weighted by Crippen LogP contribution is 2.19. The number of aromatic nitrogens is 2. The van der Waals surface area contributed by atoms with Crippen molar-refractivity contribution < 1.29 is 4.74 Å². The molecule has 0 fully saturated rings. The van der Waals surface area contributed by atoms with Crippen LogP contribution in [-0.4, -0.2) is 23.6 Å². The first-order valence-corrected chi connectivity index (χ1v) is 6.65. The number of hydrogen-bond donors (Lipinski definition) is 2. The van der Waals surface area contributed by atoms with Crippen molar-refractivity contribution in [2.45, 2.75) is 13.8 Å². The minimum atomic E-state index is 0.562. The van der Waals surface area contributed by atoms with Crippen molar-refractivity contribution in [1.82, 2.24) is 9.97 Å². The summed E-state index contributed by atoms with van der Waals surface area (Å²) in [6.07, 6.45) is 1.73. The van der Waals surface area contributed by atoms with Crippen LogP contribution in [0.3, 0.4) is 0 Å². The van der Waals surface area contributed by atoms with E-state index in [9.17, 15) is 0 Å². The van der Waals surface area contributed by atoms with Gasteiger partial charge in [-0.25, -0.2) is 4.98 Å². The summed E-state index contributed by atoms with van der Waals surface area (Å²) >= 11 is 0. The molecule has 0 bridgehead atoms. The fraction of sp³-hybridized carbons (Fsp3) is 0.333. The third kappa shape index (κ3) is 4.12. The van der Waals surface area contributed by atoms with Crippen LogP contribution in [0.1, 0.15) is 13.8 Å². The maximum atomic E-state index is 5.19. The van der Waals surface area contributed by atoms with Crippen LogP contribution in [0.2, 0.25) is 0 Å². The molecule has 0 unspecified atom stereocenters. The average molecular weight is 272 g/mol. The van der Waals surface area contributed by atoms with Gasteiger partial charge in [-0.1, -0.05) is 19.9 Å². The van der Waals surface area contributed by atoms with Crippen molar-refractivity contribution in [2.75, 3.05) is 24.3 Å². The van der Waals surface area contributed by atoms with Gasteiger partial charge >= 0.3 is 0 Å². The first-order chi connectivity index (χ1) is 9.67. The Kier molecular flexibility index (Phi) is 4.76. The fourth-order valence-corrected chi connectivity index (χ4v) is 1.66. The number of nitrogens with zero attached hydrogens (tertiary/aromatic N) is 2. The summed E-state index contributed by atoms with van der Waals surface area (Å²) in [4.78, 5) is 8.64. The van der Waals surface area contributed by atoms with Gasteiger partial charge in [0.2, 0.25) is 5.95 Å². The predicted molar refractivity (Wildman–Crippen MR) is 81.6 cm³/mol. The lowest BCUT2D eigenvalue weighted by Crippen LogP contribution is -2.10. The van der Waals surface area contributed by atoms with Gasteiger partial charge in [0, 0.05) is 24.5 Å². The standard InChI is InChI=1S/C15H20N4O/c1-11(2)10-17-14-7-8-16-15(19-14)18-12-5-4-6-13(9-12)20-3/h4-9,11H,10H2,1-3H3,(H2,16,17,18,19). The number of nitrogens with one attached hydrogen (secondary N) is 2. The minimum Gasteiger partial charge on any atom is -0.497 e. The number of rotatable bonds is 6. The Morgan fingerprint density at radius 3 is 2.85 bits per heavy atom. The summed E-state index contributed by atoms with van der Waals surface area (Å²) in [6.45, 7) is 5.20. The Labute approximate surface area is 119 Å². The zero-order valence-electron chi connectivity index (χ0n) is 12.1. The Balaban J connectivity index is 2.06. The van der Waals surface area contributed by atoms with Crippen LogP contribution in [0, 0.1) is 5.92 Å². The Morgan fingerprint density at radius 2 is 2.10 bits per heavy atom. The van der Waals surface area contributed by atoms with E-state index in [2.05, 4.69) is 34.4 Å². The zero-order valence-corrected chi connectivity index (χ0v) is 12.1. The molecule has 2 aromatic rings. The van der Waals surface area contributed by atoms with Crippen LogP contribution in [0.5, 0.6) is 5.75 Å². The molecule has 1 aromatic heterocycles. The first kappa shape index (κ1) is 14.1. The molecule has 0 atom stereocenters. The summed E-state index contributed by atoms with van der Waals surface area (Å²) in [5.41, 5.74) is 0.894. The molecule has 1 aromatic carbocycles. The molecule has 0 saturated heterocycles. The second kappa shape index (κ2) is 6.75. The van der Waals surface area contributed by atoms with Crippen molar-refractivity contribution >= 4 is 17.5 Å². The third-order valence-electron chi connectivity index (χ3n) is 2.67. The molecule has 106 valence electrons. The van der Waals surface area contributed by atoms with Gasteiger partial charge in [0.25, 0.3) is 0 Å². The molecular weight excluding hydrogens is 252 g/mol. The van der Waals surface area contributed by atoms with Gasteiger partial charge in [-0.05, 0) is 24.1 Å². The number of methoxy groups -OCH3 is 1. The zero-order chi connectivity index (χ0) is 14.4. The molecule has 0 aliphatic heterocycles. The summed E-state index contributed by atoms with van der Waals surface area (Å²) in [5.74, 6) is 2.75. The van der Waals surface area contributed by atoms with E-state index in [0.29, 0.717) is 11.9 Å². The van der Waals surface area contributed by atoms with Gasteiger partial charge in [0.15, 0.2) is 0 Å². The topological polar surface area (TPSA) is 59.1 Å². The van der Waals surface area contributed by atoms with Crippen LogP contribution < -0.4 is 15.4 Å². The van der Waals surface area contributed by atoms with E-state index in [0.717, 1.165) is 23.8 Å². The Bertz CT molecular complexity index is 557. The number of benzene rings is 1. The Morgan fingerprint density at radius 1 is 1.25 bits per heavy atom. The monoisotopic (exact) mass is 272 g/mol. The SMILES string of the molecule is COc1cccc(Nc2nccc(NCC(C)C)n2)c1. The van der Waals surface area contributed by atoms with Gasteiger partial charge < -0.3 is 15.4 Å². The smallest absolute Gasteiger partial charge is 0.229 e. The second-order valence-corrected chi connectivity index (χ2v) is 4.90. The first-order valence-electron chi connectivity index (χ1n) is 6.65. The van der Waals surface area contributed by atoms with Crippen molar-refractivity contribution in [3.63, 3.8) is 0 Å². The third-order valence-corrected chi connectivity index (χ3v) is 2.67. The highest BCUT2D eigenvalue weighted by Gasteiger charge is 2.02. The highest BCUT2D eigenvalue weighted by molar-refractivity contribution is 5.56. The fourth-order valence-electron chi connectivity index (χ4n) is 1.66. The molecule has 5 nitrogen and oxygen atoms in total. The Hall–Kier alpha value is -2.30. The van der Waals surface area contributed by atoms with Gasteiger partial charge in [0.1, 0.15) is 11.6 Å². The van der Waals surface area contributed by atoms with E-state index in [1.165, 1.54) is 0 Å². The summed E-state index contributed by atoms with van der Waals surface area (Å²) < 4.78 is 5.19. The van der Waals surface area contributed by atoms with Gasteiger partial charge in [-0.15, -0.1) is 0 Å². The molecule has 1 heterocycles. The van der Waals surface area contributed by atoms with E-state index in [1.54, 1.807) is 13.3 Å². The summed E-state index contributed by atoms with van der Waals surface area (Å²) in [7, 11) is 1.64. The quantitative estimate of drug-likeness (QED) is 0.845. The number of anilines is 3. The van der Waals surface area contributed by atoms with E-state index in [4.69, 9.17) is 4.74 Å². The largest absolute Gasteiger partial charge is 0.497 e. The van der Waals surface area contributed by atoms with Crippen molar-refractivity contribution in [1.29, 1.82) is 0 Å². The van der Waals surface area contributed by atoms with Gasteiger partial charge in [-0.3, -0.25) is 0 Å². The van der Waals surface area contributed by atoms with Crippen LogP contribution in [0.15, 0.2) is 36.5 Å². The second-order valence-electron chi connectivity index (χ2n) is 4.90. The molecule has 0 saturated carbocycles. The van der Waals surface area contributed by atoms with Crippen LogP contribution in [0.4, 0.5) is 17.5 Å². The molecule has 2 N–H and O–H groups in total. The molecule has 0 amide bonds. The molecular formula is C15H20N4O. The summed E-state index contributed by atoms with van der Waals surface area (Å²) in [6, 6.07) is 9.52. The van der Waals surface area contributed by atoms with Crippen molar-refractivity contribution in [3.05, 3.63) is 36.5 Å². The highest BCUT2D eigenvalue weighted by atomic mass is 16.5. The van der Waals surface area contributed by atoms with E-state index in [1.807, 2.05) is 30.3 Å². The minimum absolute atomic E-state index is 0.562. The number of ether oxygens (including phenoxy) is 1. The van der Waals surface area contributed by atoms with E-state index >= 15 is 0 Å². The van der Waals surface area contributed by atoms with Crippen molar-refractivity contribution in [3.8, 4) is 5.75 Å². The molecule has 2 rings (SSSR count). The summed E-state index contributed by atoms with van der Waals surface area (Å²) in [5, 5.41) is 6.44. The molecule has 20 heavy (non-hydrogen) atoms. The predicted octanol–water partition coefficient (Wildman–Crippen LogP) is 3.30. The lowest BCUT2D eigenvalue weighted by molar-refractivity contribution is 0.415. The van der Waals surface area contributed by atoms with Crippen molar-refractivity contribution in [2.24, 2.45) is 5.92 Å². The maximum absolute atomic E-state index is 5.19. The van der Waals surface area contributed by atoms with Crippen LogP contribution in [0.25, 0.3) is 0 Å². The lowest BCUT2D eigenvalue weighted by atomic mass is 10.2. The maximum Gasteiger partial charge on any atom is 0.229 e. The molecule has 0 spiro atoms. The van der Waals surface area contributed by atoms with Gasteiger partial charge in [-0.2, -0.15) is 4.98 Å². The van der Waals surface area contributed by atoms with Crippen LogP contribution in [-0.2, 0) is 0 Å². The molecule has 0 radical (unpaired) electrons. The molecule has 0 aliphatic carbocycles. The number of hydrogen-bond acceptors (Lipinski definition) is 5.